The van der Waals surface area contributed by atoms with E-state index in [0.717, 1.165) is 12.8 Å². The Morgan fingerprint density at radius 1 is 1.35 bits per heavy atom. The van der Waals surface area contributed by atoms with Gasteiger partial charge < -0.3 is 5.73 Å². The Labute approximate surface area is 107 Å². The lowest BCUT2D eigenvalue weighted by Crippen LogP contribution is -2.42. The van der Waals surface area contributed by atoms with Crippen LogP contribution in [0.3, 0.4) is 0 Å². The minimum atomic E-state index is -3.00. The summed E-state index contributed by atoms with van der Waals surface area (Å²) in [6.45, 7) is 3.70. The highest BCUT2D eigenvalue weighted by Crippen LogP contribution is 2.27. The molecule has 0 aromatic rings. The van der Waals surface area contributed by atoms with E-state index in [2.05, 4.69) is 0 Å². The van der Waals surface area contributed by atoms with Crippen molar-refractivity contribution in [3.63, 3.8) is 0 Å². The van der Waals surface area contributed by atoms with Gasteiger partial charge in [0.15, 0.2) is 0 Å². The maximum atomic E-state index is 12.1. The summed E-state index contributed by atoms with van der Waals surface area (Å²) < 4.78 is 35.2. The van der Waals surface area contributed by atoms with Gasteiger partial charge in [-0.05, 0) is 33.1 Å². The standard InChI is InChI=1S/C11H23NO3S2/c1-11(2,12)8-16(13)9-5-4-6-10(7-9)17(3,14)15/h9-10H,4-8,12H2,1-3H3. The van der Waals surface area contributed by atoms with Gasteiger partial charge in [-0.25, -0.2) is 8.42 Å². The van der Waals surface area contributed by atoms with E-state index in [-0.39, 0.29) is 10.5 Å². The Morgan fingerprint density at radius 2 is 1.94 bits per heavy atom. The molecule has 1 fully saturated rings. The summed E-state index contributed by atoms with van der Waals surface area (Å²) in [7, 11) is -4.02. The van der Waals surface area contributed by atoms with Crippen molar-refractivity contribution in [3.8, 4) is 0 Å². The summed E-state index contributed by atoms with van der Waals surface area (Å²) in [5.41, 5.74) is 5.40. The molecule has 0 saturated heterocycles. The van der Waals surface area contributed by atoms with Gasteiger partial charge in [0.05, 0.1) is 5.25 Å². The zero-order valence-electron chi connectivity index (χ0n) is 10.8. The largest absolute Gasteiger partial charge is 0.325 e. The van der Waals surface area contributed by atoms with Crippen LogP contribution < -0.4 is 5.73 Å². The smallest absolute Gasteiger partial charge is 0.150 e. The van der Waals surface area contributed by atoms with Crippen LogP contribution in [0.2, 0.25) is 0 Å². The molecule has 0 aromatic carbocycles. The van der Waals surface area contributed by atoms with E-state index >= 15 is 0 Å². The molecule has 4 nitrogen and oxygen atoms in total. The van der Waals surface area contributed by atoms with Crippen molar-refractivity contribution in [1.29, 1.82) is 0 Å². The lowest BCUT2D eigenvalue weighted by atomic mass is 10.00. The van der Waals surface area contributed by atoms with Gasteiger partial charge in [0.1, 0.15) is 9.84 Å². The van der Waals surface area contributed by atoms with Crippen LogP contribution >= 0.6 is 0 Å². The summed E-state index contributed by atoms with van der Waals surface area (Å²) in [5, 5.41) is -0.322. The van der Waals surface area contributed by atoms with E-state index in [9.17, 15) is 12.6 Å². The van der Waals surface area contributed by atoms with Gasteiger partial charge in [0.2, 0.25) is 0 Å². The molecule has 1 aliphatic rings. The molecule has 3 unspecified atom stereocenters. The van der Waals surface area contributed by atoms with Crippen LogP contribution in [0.25, 0.3) is 0 Å². The molecule has 1 rings (SSSR count). The molecule has 1 aliphatic carbocycles. The van der Waals surface area contributed by atoms with Crippen molar-refractivity contribution in [2.45, 2.75) is 55.6 Å². The fourth-order valence-electron chi connectivity index (χ4n) is 2.21. The van der Waals surface area contributed by atoms with Crippen molar-refractivity contribution in [3.05, 3.63) is 0 Å². The number of rotatable bonds is 4. The summed E-state index contributed by atoms with van der Waals surface area (Å²) >= 11 is 0. The van der Waals surface area contributed by atoms with Crippen molar-refractivity contribution in [1.82, 2.24) is 0 Å². The highest BCUT2D eigenvalue weighted by atomic mass is 32.2. The summed E-state index contributed by atoms with van der Waals surface area (Å²) in [6.07, 6.45) is 4.21. The zero-order valence-corrected chi connectivity index (χ0v) is 12.4. The molecular weight excluding hydrogens is 258 g/mol. The molecule has 0 aliphatic heterocycles. The Bertz CT molecular complexity index is 384. The third kappa shape index (κ3) is 5.06. The first-order valence-corrected chi connectivity index (χ1v) is 9.28. The van der Waals surface area contributed by atoms with Crippen LogP contribution in [-0.4, -0.2) is 40.7 Å². The molecule has 102 valence electrons. The van der Waals surface area contributed by atoms with Crippen LogP contribution in [0.4, 0.5) is 0 Å². The topological polar surface area (TPSA) is 77.2 Å². The van der Waals surface area contributed by atoms with Crippen LogP contribution in [-0.2, 0) is 20.6 Å². The van der Waals surface area contributed by atoms with Gasteiger partial charge in [0, 0.05) is 33.6 Å². The van der Waals surface area contributed by atoms with Gasteiger partial charge in [-0.3, -0.25) is 4.21 Å². The van der Waals surface area contributed by atoms with Crippen molar-refractivity contribution < 1.29 is 12.6 Å². The molecule has 0 aromatic heterocycles. The number of nitrogens with two attached hydrogens (primary N) is 1. The van der Waals surface area contributed by atoms with Gasteiger partial charge in [0.25, 0.3) is 0 Å². The third-order valence-electron chi connectivity index (χ3n) is 3.07. The van der Waals surface area contributed by atoms with Crippen molar-refractivity contribution in [2.24, 2.45) is 5.73 Å². The van der Waals surface area contributed by atoms with E-state index in [1.807, 2.05) is 13.8 Å². The van der Waals surface area contributed by atoms with E-state index in [1.165, 1.54) is 6.26 Å². The Hall–Kier alpha value is 0.0600. The first-order valence-electron chi connectivity index (χ1n) is 5.94. The third-order valence-corrected chi connectivity index (χ3v) is 6.91. The van der Waals surface area contributed by atoms with Gasteiger partial charge >= 0.3 is 0 Å². The average Bonchev–Trinajstić information content (AvgIpc) is 2.14. The number of hydrogen-bond donors (Lipinski definition) is 1. The molecule has 1 saturated carbocycles. The van der Waals surface area contributed by atoms with Gasteiger partial charge in [-0.15, -0.1) is 0 Å². The summed E-state index contributed by atoms with van der Waals surface area (Å²) in [4.78, 5) is 0. The first-order chi connectivity index (χ1) is 7.59. The van der Waals surface area contributed by atoms with Gasteiger partial charge in [-0.1, -0.05) is 6.42 Å². The van der Waals surface area contributed by atoms with Crippen molar-refractivity contribution in [2.75, 3.05) is 12.0 Å². The van der Waals surface area contributed by atoms with E-state index in [1.54, 1.807) is 0 Å². The second kappa shape index (κ2) is 5.36. The highest BCUT2D eigenvalue weighted by molar-refractivity contribution is 7.91. The fourth-order valence-corrected chi connectivity index (χ4v) is 5.36. The molecule has 6 heteroatoms. The maximum Gasteiger partial charge on any atom is 0.150 e. The quantitative estimate of drug-likeness (QED) is 0.828. The highest BCUT2D eigenvalue weighted by Gasteiger charge is 2.32. The van der Waals surface area contributed by atoms with Gasteiger partial charge in [-0.2, -0.15) is 0 Å². The minimum Gasteiger partial charge on any atom is -0.325 e. The molecule has 3 atom stereocenters. The fraction of sp³-hybridized carbons (Fsp3) is 1.00. The van der Waals surface area contributed by atoms with Crippen LogP contribution in [0.15, 0.2) is 0 Å². The predicted molar refractivity (Wildman–Crippen MR) is 72.2 cm³/mol. The molecule has 0 heterocycles. The van der Waals surface area contributed by atoms with E-state index < -0.39 is 26.2 Å². The first kappa shape index (κ1) is 15.1. The SMILES string of the molecule is CC(C)(N)CS(=O)C1CCCC(S(C)(=O)=O)C1. The van der Waals surface area contributed by atoms with Crippen LogP contribution in [0.5, 0.6) is 0 Å². The molecule has 0 bridgehead atoms. The molecule has 0 spiro atoms. The molecular formula is C11H23NO3S2. The molecule has 0 radical (unpaired) electrons. The normalized spacial score (nSPS) is 28.9. The predicted octanol–water partition coefficient (Wildman–Crippen LogP) is 0.828. The lowest BCUT2D eigenvalue weighted by molar-refractivity contribution is 0.484. The molecule has 17 heavy (non-hydrogen) atoms. The maximum absolute atomic E-state index is 12.1. The molecule has 2 N–H and O–H groups in total. The lowest BCUT2D eigenvalue weighted by Gasteiger charge is -2.29. The Kier molecular flexibility index (Phi) is 4.77. The number of hydrogen-bond acceptors (Lipinski definition) is 4. The van der Waals surface area contributed by atoms with Crippen LogP contribution in [0, 0.1) is 0 Å². The van der Waals surface area contributed by atoms with E-state index in [0.29, 0.717) is 18.6 Å². The van der Waals surface area contributed by atoms with Crippen molar-refractivity contribution >= 4 is 20.6 Å². The summed E-state index contributed by atoms with van der Waals surface area (Å²) in [6, 6.07) is 0. The monoisotopic (exact) mass is 281 g/mol. The summed E-state index contributed by atoms with van der Waals surface area (Å²) in [5.74, 6) is 0.439. The average molecular weight is 281 g/mol. The molecule has 0 amide bonds. The Morgan fingerprint density at radius 3 is 2.41 bits per heavy atom. The zero-order chi connectivity index (χ0) is 13.3. The second-order valence-corrected chi connectivity index (χ2v) is 9.80. The Balaban J connectivity index is 2.64. The van der Waals surface area contributed by atoms with E-state index in [4.69, 9.17) is 5.73 Å². The minimum absolute atomic E-state index is 0.00806. The van der Waals surface area contributed by atoms with Crippen LogP contribution in [0.1, 0.15) is 39.5 Å². The second-order valence-electron chi connectivity index (χ2n) is 5.75. The number of sulfone groups is 1.